The summed E-state index contributed by atoms with van der Waals surface area (Å²) in [6, 6.07) is 3.28. The molecule has 1 rings (SSSR count). The van der Waals surface area contributed by atoms with Crippen LogP contribution in [0.3, 0.4) is 0 Å². The van der Waals surface area contributed by atoms with Crippen LogP contribution in [0.4, 0.5) is 17.6 Å². The van der Waals surface area contributed by atoms with Crippen molar-refractivity contribution >= 4 is 0 Å². The molecule has 0 saturated carbocycles. The van der Waals surface area contributed by atoms with Gasteiger partial charge in [0.25, 0.3) is 0 Å². The molecule has 0 spiro atoms. The number of rotatable bonds is 4. The predicted molar refractivity (Wildman–Crippen MR) is 57.0 cm³/mol. The van der Waals surface area contributed by atoms with E-state index in [0.717, 1.165) is 0 Å². The van der Waals surface area contributed by atoms with Crippen LogP contribution in [-0.4, -0.2) is 19.3 Å². The van der Waals surface area contributed by atoms with Gasteiger partial charge in [-0.15, -0.1) is 0 Å². The summed E-state index contributed by atoms with van der Waals surface area (Å²) >= 11 is 0. The highest BCUT2D eigenvalue weighted by molar-refractivity contribution is 5.29. The van der Waals surface area contributed by atoms with E-state index < -0.39 is 24.6 Å². The minimum absolute atomic E-state index is 0.0274. The number of halogens is 4. The van der Waals surface area contributed by atoms with E-state index in [-0.39, 0.29) is 6.54 Å². The summed E-state index contributed by atoms with van der Waals surface area (Å²) in [7, 11) is 0. The Balaban J connectivity index is 2.82. The number of benzene rings is 1. The van der Waals surface area contributed by atoms with Gasteiger partial charge in [0.05, 0.1) is 6.54 Å². The van der Waals surface area contributed by atoms with Crippen LogP contribution >= 0.6 is 0 Å². The Morgan fingerprint density at radius 1 is 1.35 bits per heavy atom. The first-order valence-electron chi connectivity index (χ1n) is 5.09. The number of nitrogens with two attached hydrogens (primary N) is 1. The largest absolute Gasteiger partial charge is 0.401 e. The molecule has 0 aliphatic rings. The van der Waals surface area contributed by atoms with Crippen LogP contribution in [-0.2, 0) is 0 Å². The molecule has 0 amide bonds. The SMILES string of the molecule is Cc1ccc(F)cc1C(CN)NCC(F)(F)F. The van der Waals surface area contributed by atoms with Crippen molar-refractivity contribution in [1.29, 1.82) is 0 Å². The molecular formula is C11H14F4N2. The van der Waals surface area contributed by atoms with Gasteiger partial charge in [-0.3, -0.25) is 0 Å². The summed E-state index contributed by atoms with van der Waals surface area (Å²) in [5.41, 5.74) is 6.56. The zero-order valence-corrected chi connectivity index (χ0v) is 9.31. The van der Waals surface area contributed by atoms with Gasteiger partial charge in [-0.2, -0.15) is 13.2 Å². The fourth-order valence-corrected chi connectivity index (χ4v) is 1.55. The van der Waals surface area contributed by atoms with Gasteiger partial charge in [0.1, 0.15) is 5.82 Å². The molecule has 0 aromatic heterocycles. The second kappa shape index (κ2) is 5.46. The fourth-order valence-electron chi connectivity index (χ4n) is 1.55. The molecular weight excluding hydrogens is 236 g/mol. The number of nitrogens with one attached hydrogen (secondary N) is 1. The van der Waals surface area contributed by atoms with E-state index in [1.165, 1.54) is 18.2 Å². The molecule has 3 N–H and O–H groups in total. The molecule has 0 aliphatic heterocycles. The average molecular weight is 250 g/mol. The summed E-state index contributed by atoms with van der Waals surface area (Å²) in [6.07, 6.45) is -4.31. The summed E-state index contributed by atoms with van der Waals surface area (Å²) < 4.78 is 49.2. The Morgan fingerprint density at radius 2 is 2.00 bits per heavy atom. The zero-order valence-electron chi connectivity index (χ0n) is 9.31. The van der Waals surface area contributed by atoms with Crippen LogP contribution < -0.4 is 11.1 Å². The first-order chi connectivity index (χ1) is 7.83. The standard InChI is InChI=1S/C11H14F4N2/c1-7-2-3-8(12)4-9(7)10(5-16)17-6-11(13,14)15/h2-4,10,17H,5-6,16H2,1H3. The highest BCUT2D eigenvalue weighted by Crippen LogP contribution is 2.20. The minimum Gasteiger partial charge on any atom is -0.329 e. The molecule has 0 heterocycles. The normalized spacial score (nSPS) is 13.8. The summed E-state index contributed by atoms with van der Waals surface area (Å²) in [6.45, 7) is 0.526. The van der Waals surface area contributed by atoms with Gasteiger partial charge < -0.3 is 11.1 Å². The quantitative estimate of drug-likeness (QED) is 0.804. The average Bonchev–Trinajstić information content (AvgIpc) is 2.22. The molecule has 0 bridgehead atoms. The third kappa shape index (κ3) is 4.32. The van der Waals surface area contributed by atoms with E-state index >= 15 is 0 Å². The van der Waals surface area contributed by atoms with E-state index in [1.54, 1.807) is 6.92 Å². The van der Waals surface area contributed by atoms with Crippen molar-refractivity contribution in [3.63, 3.8) is 0 Å². The molecule has 1 aromatic rings. The topological polar surface area (TPSA) is 38.0 Å². The molecule has 17 heavy (non-hydrogen) atoms. The molecule has 1 aromatic carbocycles. The lowest BCUT2D eigenvalue weighted by molar-refractivity contribution is -0.126. The lowest BCUT2D eigenvalue weighted by Crippen LogP contribution is -2.36. The van der Waals surface area contributed by atoms with Gasteiger partial charge in [0.2, 0.25) is 0 Å². The van der Waals surface area contributed by atoms with Gasteiger partial charge in [-0.25, -0.2) is 4.39 Å². The first kappa shape index (κ1) is 13.9. The number of hydrogen-bond donors (Lipinski definition) is 2. The van der Waals surface area contributed by atoms with Crippen molar-refractivity contribution in [1.82, 2.24) is 5.32 Å². The second-order valence-corrected chi connectivity index (χ2v) is 3.79. The molecule has 1 unspecified atom stereocenters. The molecule has 96 valence electrons. The maximum Gasteiger partial charge on any atom is 0.401 e. The van der Waals surface area contributed by atoms with Crippen molar-refractivity contribution in [3.8, 4) is 0 Å². The van der Waals surface area contributed by atoms with E-state index in [0.29, 0.717) is 11.1 Å². The Bertz CT molecular complexity index is 376. The maximum absolute atomic E-state index is 13.0. The van der Waals surface area contributed by atoms with Gasteiger partial charge in [-0.1, -0.05) is 6.07 Å². The van der Waals surface area contributed by atoms with E-state index in [9.17, 15) is 17.6 Å². The highest BCUT2D eigenvalue weighted by Gasteiger charge is 2.28. The Labute approximate surface area is 96.8 Å². The molecule has 0 aliphatic carbocycles. The van der Waals surface area contributed by atoms with Crippen molar-refractivity contribution < 1.29 is 17.6 Å². The zero-order chi connectivity index (χ0) is 13.1. The Hall–Kier alpha value is -1.14. The molecule has 2 nitrogen and oxygen atoms in total. The molecule has 0 radical (unpaired) electrons. The fraction of sp³-hybridized carbons (Fsp3) is 0.455. The van der Waals surface area contributed by atoms with Gasteiger partial charge in [-0.05, 0) is 30.2 Å². The van der Waals surface area contributed by atoms with Crippen LogP contribution in [0.5, 0.6) is 0 Å². The lowest BCUT2D eigenvalue weighted by Gasteiger charge is -2.20. The van der Waals surface area contributed by atoms with Crippen LogP contribution in [0.15, 0.2) is 18.2 Å². The predicted octanol–water partition coefficient (Wildman–Crippen LogP) is 2.29. The van der Waals surface area contributed by atoms with E-state index in [4.69, 9.17) is 5.73 Å². The lowest BCUT2D eigenvalue weighted by atomic mass is 10.0. The van der Waals surface area contributed by atoms with Crippen molar-refractivity contribution in [3.05, 3.63) is 35.1 Å². The summed E-state index contributed by atoms with van der Waals surface area (Å²) in [5.74, 6) is -0.488. The maximum atomic E-state index is 13.0. The second-order valence-electron chi connectivity index (χ2n) is 3.79. The van der Waals surface area contributed by atoms with Crippen LogP contribution in [0.25, 0.3) is 0 Å². The van der Waals surface area contributed by atoms with E-state index in [1.807, 2.05) is 0 Å². The Morgan fingerprint density at radius 3 is 2.53 bits per heavy atom. The number of alkyl halides is 3. The third-order valence-electron chi connectivity index (χ3n) is 2.40. The van der Waals surface area contributed by atoms with Gasteiger partial charge in [0, 0.05) is 12.6 Å². The molecule has 0 saturated heterocycles. The number of hydrogen-bond acceptors (Lipinski definition) is 2. The monoisotopic (exact) mass is 250 g/mol. The van der Waals surface area contributed by atoms with E-state index in [2.05, 4.69) is 5.32 Å². The van der Waals surface area contributed by atoms with Crippen molar-refractivity contribution in [2.24, 2.45) is 5.73 Å². The Kier molecular flexibility index (Phi) is 4.47. The van der Waals surface area contributed by atoms with Crippen molar-refractivity contribution in [2.45, 2.75) is 19.1 Å². The van der Waals surface area contributed by atoms with Crippen molar-refractivity contribution in [2.75, 3.05) is 13.1 Å². The van der Waals surface area contributed by atoms with Gasteiger partial charge >= 0.3 is 6.18 Å². The molecule has 6 heteroatoms. The smallest absolute Gasteiger partial charge is 0.329 e. The summed E-state index contributed by atoms with van der Waals surface area (Å²) in [5, 5.41) is 2.28. The van der Waals surface area contributed by atoms with Crippen LogP contribution in [0, 0.1) is 12.7 Å². The minimum atomic E-state index is -4.31. The highest BCUT2D eigenvalue weighted by atomic mass is 19.4. The third-order valence-corrected chi connectivity index (χ3v) is 2.40. The molecule has 1 atom stereocenters. The van der Waals surface area contributed by atoms with Crippen LogP contribution in [0.2, 0.25) is 0 Å². The van der Waals surface area contributed by atoms with Gasteiger partial charge in [0.15, 0.2) is 0 Å². The summed E-state index contributed by atoms with van der Waals surface area (Å²) in [4.78, 5) is 0. The van der Waals surface area contributed by atoms with Crippen LogP contribution in [0.1, 0.15) is 17.2 Å². The number of aryl methyl sites for hydroxylation is 1. The first-order valence-corrected chi connectivity index (χ1v) is 5.09. The molecule has 0 fully saturated rings.